The van der Waals surface area contributed by atoms with E-state index in [1.807, 2.05) is 0 Å². The number of carbonyl (C=O) groups excluding carboxylic acids is 2. The number of carbonyl (C=O) groups is 2. The molecule has 0 aliphatic heterocycles. The van der Waals surface area contributed by atoms with E-state index in [1.54, 1.807) is 55.5 Å². The molecule has 0 radical (unpaired) electrons. The summed E-state index contributed by atoms with van der Waals surface area (Å²) in [5.74, 6) is -0.462. The summed E-state index contributed by atoms with van der Waals surface area (Å²) in [4.78, 5) is 23.3. The van der Waals surface area contributed by atoms with Crippen LogP contribution in [0, 0.1) is 0 Å². The van der Waals surface area contributed by atoms with E-state index in [4.69, 9.17) is 35.4 Å². The van der Waals surface area contributed by atoms with E-state index in [1.165, 1.54) is 6.08 Å². The van der Waals surface area contributed by atoms with E-state index in [0.29, 0.717) is 33.4 Å². The third-order valence-corrected chi connectivity index (χ3v) is 4.13. The maximum absolute atomic E-state index is 12.0. The highest BCUT2D eigenvalue weighted by Gasteiger charge is 2.04. The molecular weight excluding hydrogens is 405 g/mol. The zero-order valence-corrected chi connectivity index (χ0v) is 16.7. The van der Waals surface area contributed by atoms with Gasteiger partial charge < -0.3 is 16.0 Å². The van der Waals surface area contributed by atoms with Gasteiger partial charge in [0.15, 0.2) is 5.11 Å². The number of halogens is 2. The Hall–Kier alpha value is -2.41. The van der Waals surface area contributed by atoms with Gasteiger partial charge in [-0.15, -0.1) is 0 Å². The molecular formula is C19H17Cl2N3O2S. The Morgan fingerprint density at radius 2 is 1.67 bits per heavy atom. The predicted molar refractivity (Wildman–Crippen MR) is 115 cm³/mol. The van der Waals surface area contributed by atoms with Crippen LogP contribution in [0.5, 0.6) is 0 Å². The van der Waals surface area contributed by atoms with Crippen LogP contribution in [0.15, 0.2) is 48.5 Å². The van der Waals surface area contributed by atoms with E-state index in [2.05, 4.69) is 16.0 Å². The average molecular weight is 422 g/mol. The summed E-state index contributed by atoms with van der Waals surface area (Å²) in [6.45, 7) is 1.74. The van der Waals surface area contributed by atoms with E-state index in [-0.39, 0.29) is 16.9 Å². The quantitative estimate of drug-likeness (QED) is 0.475. The van der Waals surface area contributed by atoms with Crippen molar-refractivity contribution in [3.63, 3.8) is 0 Å². The molecule has 27 heavy (non-hydrogen) atoms. The van der Waals surface area contributed by atoms with Gasteiger partial charge in [-0.1, -0.05) is 36.2 Å². The molecule has 0 aliphatic rings. The van der Waals surface area contributed by atoms with Crippen LogP contribution in [-0.2, 0) is 9.59 Å². The van der Waals surface area contributed by atoms with Crippen molar-refractivity contribution in [3.8, 4) is 0 Å². The third-order valence-electron chi connectivity index (χ3n) is 3.36. The number of anilines is 2. The summed E-state index contributed by atoms with van der Waals surface area (Å²) in [5, 5.41) is 9.40. The minimum Gasteiger partial charge on any atom is -0.332 e. The molecule has 2 rings (SSSR count). The first-order chi connectivity index (χ1) is 12.9. The van der Waals surface area contributed by atoms with Crippen LogP contribution in [0.2, 0.25) is 10.0 Å². The summed E-state index contributed by atoms with van der Waals surface area (Å²) in [6.07, 6.45) is 3.34. The Balaban J connectivity index is 1.91. The number of rotatable bonds is 5. The standard InChI is InChI=1S/C19H17Cl2N3O2S/c1-2-17(25)24-19(27)23-15-8-6-14(7-9-15)22-18(26)10-4-12-3-5-13(20)11-16(12)21/h3-11H,2H2,1H3,(H,22,26)(H2,23,24,25,27). The summed E-state index contributed by atoms with van der Waals surface area (Å²) in [6, 6.07) is 11.9. The summed E-state index contributed by atoms with van der Waals surface area (Å²) >= 11 is 16.9. The molecule has 2 aromatic carbocycles. The minimum absolute atomic E-state index is 0.163. The lowest BCUT2D eigenvalue weighted by Gasteiger charge is -2.09. The lowest BCUT2D eigenvalue weighted by molar-refractivity contribution is -0.119. The largest absolute Gasteiger partial charge is 0.332 e. The molecule has 0 atom stereocenters. The Kier molecular flexibility index (Phi) is 7.79. The van der Waals surface area contributed by atoms with Crippen molar-refractivity contribution in [2.75, 3.05) is 10.6 Å². The van der Waals surface area contributed by atoms with Crippen LogP contribution in [0.3, 0.4) is 0 Å². The van der Waals surface area contributed by atoms with Gasteiger partial charge in [-0.25, -0.2) is 0 Å². The van der Waals surface area contributed by atoms with Gasteiger partial charge in [0, 0.05) is 33.9 Å². The first-order valence-corrected chi connectivity index (χ1v) is 9.19. The number of hydrogen-bond donors (Lipinski definition) is 3. The van der Waals surface area contributed by atoms with Crippen molar-refractivity contribution in [1.29, 1.82) is 0 Å². The Bertz CT molecular complexity index is 883. The highest BCUT2D eigenvalue weighted by atomic mass is 35.5. The Labute approximate surface area is 172 Å². The predicted octanol–water partition coefficient (Wildman–Crippen LogP) is 4.87. The van der Waals surface area contributed by atoms with Gasteiger partial charge in [0.1, 0.15) is 0 Å². The molecule has 0 aromatic heterocycles. The maximum atomic E-state index is 12.0. The van der Waals surface area contributed by atoms with Crippen LogP contribution >= 0.6 is 35.4 Å². The van der Waals surface area contributed by atoms with Crippen molar-refractivity contribution in [1.82, 2.24) is 5.32 Å². The zero-order valence-electron chi connectivity index (χ0n) is 14.4. The Morgan fingerprint density at radius 3 is 2.26 bits per heavy atom. The second-order valence-corrected chi connectivity index (χ2v) is 6.67. The number of benzene rings is 2. The van der Waals surface area contributed by atoms with Gasteiger partial charge in [0.25, 0.3) is 0 Å². The SMILES string of the molecule is CCC(=O)NC(=S)Nc1ccc(NC(=O)C=Cc2ccc(Cl)cc2Cl)cc1. The highest BCUT2D eigenvalue weighted by molar-refractivity contribution is 7.80. The van der Waals surface area contributed by atoms with Crippen molar-refractivity contribution in [3.05, 3.63) is 64.1 Å². The maximum Gasteiger partial charge on any atom is 0.248 e. The summed E-state index contributed by atoms with van der Waals surface area (Å²) < 4.78 is 0. The monoisotopic (exact) mass is 421 g/mol. The van der Waals surface area contributed by atoms with Crippen molar-refractivity contribution in [2.24, 2.45) is 0 Å². The van der Waals surface area contributed by atoms with Gasteiger partial charge >= 0.3 is 0 Å². The number of thiocarbonyl (C=S) groups is 1. The molecule has 0 fully saturated rings. The summed E-state index contributed by atoms with van der Waals surface area (Å²) in [7, 11) is 0. The van der Waals surface area contributed by atoms with Crippen LogP contribution < -0.4 is 16.0 Å². The fourth-order valence-corrected chi connectivity index (χ4v) is 2.70. The van der Waals surface area contributed by atoms with Crippen LogP contribution in [0.25, 0.3) is 6.08 Å². The van der Waals surface area contributed by atoms with E-state index < -0.39 is 0 Å². The molecule has 0 heterocycles. The molecule has 0 bridgehead atoms. The van der Waals surface area contributed by atoms with Crippen molar-refractivity contribution < 1.29 is 9.59 Å². The van der Waals surface area contributed by atoms with E-state index in [0.717, 1.165) is 0 Å². The first kappa shape index (κ1) is 20.9. The van der Waals surface area contributed by atoms with Gasteiger partial charge in [0.05, 0.1) is 0 Å². The van der Waals surface area contributed by atoms with Gasteiger partial charge in [0.2, 0.25) is 11.8 Å². The lowest BCUT2D eigenvalue weighted by Crippen LogP contribution is -2.33. The minimum atomic E-state index is -0.299. The molecule has 5 nitrogen and oxygen atoms in total. The third kappa shape index (κ3) is 7.02. The second kappa shape index (κ2) is 10.1. The van der Waals surface area contributed by atoms with Gasteiger partial charge in [-0.3, -0.25) is 9.59 Å². The van der Waals surface area contributed by atoms with Gasteiger partial charge in [-0.2, -0.15) is 0 Å². The molecule has 8 heteroatoms. The van der Waals surface area contributed by atoms with Crippen molar-refractivity contribution >= 4 is 69.8 Å². The Morgan fingerprint density at radius 1 is 1.04 bits per heavy atom. The number of nitrogens with one attached hydrogen (secondary N) is 3. The highest BCUT2D eigenvalue weighted by Crippen LogP contribution is 2.22. The normalized spacial score (nSPS) is 10.5. The first-order valence-electron chi connectivity index (χ1n) is 8.02. The van der Waals surface area contributed by atoms with Crippen LogP contribution in [0.4, 0.5) is 11.4 Å². The lowest BCUT2D eigenvalue weighted by atomic mass is 10.2. The van der Waals surface area contributed by atoms with E-state index >= 15 is 0 Å². The molecule has 0 saturated carbocycles. The summed E-state index contributed by atoms with van der Waals surface area (Å²) in [5.41, 5.74) is 2.00. The zero-order chi connectivity index (χ0) is 19.8. The van der Waals surface area contributed by atoms with Crippen LogP contribution in [0.1, 0.15) is 18.9 Å². The fraction of sp³-hybridized carbons (Fsp3) is 0.105. The molecule has 3 N–H and O–H groups in total. The second-order valence-electron chi connectivity index (χ2n) is 5.42. The van der Waals surface area contributed by atoms with E-state index in [9.17, 15) is 9.59 Å². The van der Waals surface area contributed by atoms with Crippen molar-refractivity contribution in [2.45, 2.75) is 13.3 Å². The number of hydrogen-bond acceptors (Lipinski definition) is 3. The molecule has 2 amide bonds. The smallest absolute Gasteiger partial charge is 0.248 e. The molecule has 2 aromatic rings. The molecule has 0 saturated heterocycles. The fourth-order valence-electron chi connectivity index (χ4n) is 2.00. The van der Waals surface area contributed by atoms with Gasteiger partial charge in [-0.05, 0) is 60.3 Å². The topological polar surface area (TPSA) is 70.2 Å². The average Bonchev–Trinajstić information content (AvgIpc) is 2.62. The molecule has 0 spiro atoms. The van der Waals surface area contributed by atoms with Crippen LogP contribution in [-0.4, -0.2) is 16.9 Å². The molecule has 140 valence electrons. The molecule has 0 unspecified atom stereocenters. The molecule has 0 aliphatic carbocycles. The number of amides is 2.